The van der Waals surface area contributed by atoms with Gasteiger partial charge in [0.2, 0.25) is 0 Å². The summed E-state index contributed by atoms with van der Waals surface area (Å²) in [6, 6.07) is 0. The van der Waals surface area contributed by atoms with Crippen LogP contribution in [0.3, 0.4) is 0 Å². The predicted octanol–water partition coefficient (Wildman–Crippen LogP) is 3.70. The Morgan fingerprint density at radius 3 is 2.27 bits per heavy atom. The van der Waals surface area contributed by atoms with Gasteiger partial charge in [-0.25, -0.2) is 0 Å². The van der Waals surface area contributed by atoms with Gasteiger partial charge in [0.25, 0.3) is 0 Å². The molecule has 0 nitrogen and oxygen atoms in total. The van der Waals surface area contributed by atoms with Gasteiger partial charge in [-0.2, -0.15) is 0 Å². The summed E-state index contributed by atoms with van der Waals surface area (Å²) in [6.45, 7) is 9.05. The normalized spacial score (nSPS) is 19.3. The fourth-order valence-electron chi connectivity index (χ4n) is 1.45. The third-order valence-corrected chi connectivity index (χ3v) is 2.25. The van der Waals surface area contributed by atoms with E-state index in [1.807, 2.05) is 0 Å². The molecule has 11 heavy (non-hydrogen) atoms. The van der Waals surface area contributed by atoms with E-state index in [-0.39, 0.29) is 0 Å². The highest BCUT2D eigenvalue weighted by atomic mass is 14.2. The minimum absolute atomic E-state index is 0.371. The molecular weight excluding hydrogens is 132 g/mol. The van der Waals surface area contributed by atoms with E-state index in [0.29, 0.717) is 5.41 Å². The van der Waals surface area contributed by atoms with E-state index in [4.69, 9.17) is 0 Å². The Labute approximate surface area is 70.0 Å². The van der Waals surface area contributed by atoms with Crippen molar-refractivity contribution in [2.75, 3.05) is 0 Å². The summed E-state index contributed by atoms with van der Waals surface area (Å²) in [5.41, 5.74) is 3.40. The van der Waals surface area contributed by atoms with Gasteiger partial charge < -0.3 is 0 Å². The van der Waals surface area contributed by atoms with Crippen molar-refractivity contribution in [3.63, 3.8) is 0 Å². The number of hydrogen-bond acceptors (Lipinski definition) is 0. The van der Waals surface area contributed by atoms with E-state index in [1.165, 1.54) is 18.4 Å². The van der Waals surface area contributed by atoms with Crippen LogP contribution in [0.1, 0.15) is 40.5 Å². The van der Waals surface area contributed by atoms with E-state index in [2.05, 4.69) is 39.8 Å². The maximum absolute atomic E-state index is 2.34. The van der Waals surface area contributed by atoms with Gasteiger partial charge >= 0.3 is 0 Å². The molecule has 0 aromatic carbocycles. The molecule has 0 spiro atoms. The van der Waals surface area contributed by atoms with Crippen molar-refractivity contribution in [3.8, 4) is 0 Å². The van der Waals surface area contributed by atoms with E-state index in [9.17, 15) is 0 Å². The third kappa shape index (κ3) is 2.21. The summed E-state index contributed by atoms with van der Waals surface area (Å²) >= 11 is 0. The average Bonchev–Trinajstić information content (AvgIpc) is 1.86. The molecule has 0 bridgehead atoms. The van der Waals surface area contributed by atoms with Crippen LogP contribution in [0.4, 0.5) is 0 Å². The molecule has 62 valence electrons. The lowest BCUT2D eigenvalue weighted by atomic mass is 9.81. The minimum atomic E-state index is 0.371. The molecule has 0 amide bonds. The zero-order chi connectivity index (χ0) is 8.48. The predicted molar refractivity (Wildman–Crippen MR) is 50.5 cm³/mol. The van der Waals surface area contributed by atoms with Crippen molar-refractivity contribution in [2.45, 2.75) is 40.5 Å². The van der Waals surface area contributed by atoms with Crippen LogP contribution in [-0.2, 0) is 0 Å². The molecule has 0 saturated heterocycles. The van der Waals surface area contributed by atoms with Crippen molar-refractivity contribution in [3.05, 3.63) is 23.3 Å². The van der Waals surface area contributed by atoms with Gasteiger partial charge in [0, 0.05) is 0 Å². The molecular formula is C11H18. The van der Waals surface area contributed by atoms with Crippen LogP contribution in [0.25, 0.3) is 0 Å². The molecule has 0 heteroatoms. The van der Waals surface area contributed by atoms with Crippen molar-refractivity contribution < 1.29 is 0 Å². The first-order valence-electron chi connectivity index (χ1n) is 4.38. The zero-order valence-corrected chi connectivity index (χ0v) is 8.07. The van der Waals surface area contributed by atoms with Crippen LogP contribution in [-0.4, -0.2) is 0 Å². The van der Waals surface area contributed by atoms with Crippen LogP contribution in [0.2, 0.25) is 0 Å². The second-order valence-electron chi connectivity index (χ2n) is 4.41. The van der Waals surface area contributed by atoms with Crippen molar-refractivity contribution >= 4 is 0 Å². The van der Waals surface area contributed by atoms with Crippen LogP contribution < -0.4 is 0 Å². The molecule has 0 unspecified atom stereocenters. The topological polar surface area (TPSA) is 0 Å². The molecule has 0 aliphatic heterocycles. The van der Waals surface area contributed by atoms with E-state index >= 15 is 0 Å². The SMILES string of the molecule is CC1=CCCC(C(C)(C)C)=C1. The van der Waals surface area contributed by atoms with Crippen LogP contribution in [0, 0.1) is 5.41 Å². The maximum Gasteiger partial charge on any atom is -0.0170 e. The summed E-state index contributed by atoms with van der Waals surface area (Å²) in [6.07, 6.45) is 7.13. The summed E-state index contributed by atoms with van der Waals surface area (Å²) in [7, 11) is 0. The van der Waals surface area contributed by atoms with Gasteiger partial charge in [-0.15, -0.1) is 0 Å². The highest BCUT2D eigenvalue weighted by Gasteiger charge is 2.17. The van der Waals surface area contributed by atoms with Crippen LogP contribution >= 0.6 is 0 Å². The zero-order valence-electron chi connectivity index (χ0n) is 8.07. The van der Waals surface area contributed by atoms with Gasteiger partial charge in [0.05, 0.1) is 0 Å². The summed E-state index contributed by atoms with van der Waals surface area (Å²) in [5.74, 6) is 0. The Bertz CT molecular complexity index is 199. The summed E-state index contributed by atoms with van der Waals surface area (Å²) in [5, 5.41) is 0. The lowest BCUT2D eigenvalue weighted by Gasteiger charge is -2.25. The fraction of sp³-hybridized carbons (Fsp3) is 0.636. The van der Waals surface area contributed by atoms with Gasteiger partial charge in [0.15, 0.2) is 0 Å². The smallest absolute Gasteiger partial charge is 0.0170 e. The first-order chi connectivity index (χ1) is 5.00. The second kappa shape index (κ2) is 2.84. The van der Waals surface area contributed by atoms with Crippen LogP contribution in [0.5, 0.6) is 0 Å². The monoisotopic (exact) mass is 150 g/mol. The van der Waals surface area contributed by atoms with Crippen molar-refractivity contribution in [1.82, 2.24) is 0 Å². The van der Waals surface area contributed by atoms with E-state index in [0.717, 1.165) is 0 Å². The highest BCUT2D eigenvalue weighted by molar-refractivity contribution is 5.28. The maximum atomic E-state index is 2.34. The molecule has 1 aliphatic carbocycles. The van der Waals surface area contributed by atoms with Gasteiger partial charge in [0.1, 0.15) is 0 Å². The van der Waals surface area contributed by atoms with Gasteiger partial charge in [-0.1, -0.05) is 44.1 Å². The Balaban J connectivity index is 2.82. The Hall–Kier alpha value is -0.520. The molecule has 1 rings (SSSR count). The number of allylic oxidation sites excluding steroid dienone is 4. The largest absolute Gasteiger partial charge is 0.0813 e. The van der Waals surface area contributed by atoms with Crippen molar-refractivity contribution in [1.29, 1.82) is 0 Å². The summed E-state index contributed by atoms with van der Waals surface area (Å²) < 4.78 is 0. The second-order valence-corrected chi connectivity index (χ2v) is 4.41. The molecule has 0 N–H and O–H groups in total. The first-order valence-corrected chi connectivity index (χ1v) is 4.38. The van der Waals surface area contributed by atoms with Gasteiger partial charge in [-0.05, 0) is 25.2 Å². The van der Waals surface area contributed by atoms with Crippen LogP contribution in [0.15, 0.2) is 23.3 Å². The first kappa shape index (κ1) is 8.58. The third-order valence-electron chi connectivity index (χ3n) is 2.25. The molecule has 0 atom stereocenters. The lowest BCUT2D eigenvalue weighted by Crippen LogP contribution is -2.11. The standard InChI is InChI=1S/C11H18/c1-9-6-5-7-10(8-9)11(2,3)4/h6,8H,5,7H2,1-4H3. The van der Waals surface area contributed by atoms with Crippen molar-refractivity contribution in [2.24, 2.45) is 5.41 Å². The van der Waals surface area contributed by atoms with E-state index in [1.54, 1.807) is 5.57 Å². The molecule has 0 radical (unpaired) electrons. The quantitative estimate of drug-likeness (QED) is 0.494. The number of rotatable bonds is 0. The molecule has 1 aliphatic rings. The van der Waals surface area contributed by atoms with Gasteiger partial charge in [-0.3, -0.25) is 0 Å². The molecule has 0 aromatic rings. The fourth-order valence-corrected chi connectivity index (χ4v) is 1.45. The highest BCUT2D eigenvalue weighted by Crippen LogP contribution is 2.32. The lowest BCUT2D eigenvalue weighted by molar-refractivity contribution is 0.480. The average molecular weight is 150 g/mol. The Kier molecular flexibility index (Phi) is 2.22. The minimum Gasteiger partial charge on any atom is -0.0813 e. The van der Waals surface area contributed by atoms with E-state index < -0.39 is 0 Å². The Morgan fingerprint density at radius 2 is 1.91 bits per heavy atom. The molecule has 0 aromatic heterocycles. The molecule has 0 fully saturated rings. The molecule has 0 heterocycles. The molecule has 0 saturated carbocycles. The Morgan fingerprint density at radius 1 is 1.27 bits per heavy atom. The summed E-state index contributed by atoms with van der Waals surface area (Å²) in [4.78, 5) is 0. The number of hydrogen-bond donors (Lipinski definition) is 0.